The van der Waals surface area contributed by atoms with Gasteiger partial charge in [0.15, 0.2) is 5.82 Å². The summed E-state index contributed by atoms with van der Waals surface area (Å²) < 4.78 is 1.83. The zero-order valence-electron chi connectivity index (χ0n) is 8.10. The first-order valence-electron chi connectivity index (χ1n) is 4.85. The number of rotatable bonds is 2. The molecule has 76 valence electrons. The highest BCUT2D eigenvalue weighted by Gasteiger charge is 2.22. The molecular formula is C9H13N3O2. The van der Waals surface area contributed by atoms with Crippen LogP contribution in [0.25, 0.3) is 0 Å². The highest BCUT2D eigenvalue weighted by atomic mass is 16.4. The Morgan fingerprint density at radius 3 is 3.00 bits per heavy atom. The lowest BCUT2D eigenvalue weighted by Gasteiger charge is -2.09. The normalized spacial score (nSPS) is 17.5. The fourth-order valence-electron chi connectivity index (χ4n) is 1.60. The number of aliphatic carboxylic acids is 1. The van der Waals surface area contributed by atoms with Crippen molar-refractivity contribution in [1.82, 2.24) is 14.8 Å². The molecule has 1 aliphatic rings. The number of fused-ring (bicyclic) bond motifs is 1. The third-order valence-electron chi connectivity index (χ3n) is 2.54. The zero-order chi connectivity index (χ0) is 10.1. The van der Waals surface area contributed by atoms with Gasteiger partial charge in [0.25, 0.3) is 0 Å². The summed E-state index contributed by atoms with van der Waals surface area (Å²) in [5, 5.41) is 13.0. The fraction of sp³-hybridized carbons (Fsp3) is 0.667. The molecule has 0 saturated heterocycles. The predicted molar refractivity (Wildman–Crippen MR) is 49.0 cm³/mol. The van der Waals surface area contributed by atoms with Gasteiger partial charge >= 0.3 is 5.97 Å². The molecule has 1 aliphatic heterocycles. The van der Waals surface area contributed by atoms with Gasteiger partial charge in [-0.2, -0.15) is 5.10 Å². The summed E-state index contributed by atoms with van der Waals surface area (Å²) in [6.07, 6.45) is 3.15. The molecule has 0 radical (unpaired) electrons. The lowest BCUT2D eigenvalue weighted by Crippen LogP contribution is -2.12. The first-order valence-corrected chi connectivity index (χ1v) is 4.85. The standard InChI is InChI=1S/C9H13N3O2/c1-6(9(13)14)8-10-7-4-2-3-5-12(7)11-8/h6H,2-5H2,1H3,(H,13,14). The van der Waals surface area contributed by atoms with Gasteiger partial charge in [0, 0.05) is 13.0 Å². The fourth-order valence-corrected chi connectivity index (χ4v) is 1.60. The number of aromatic nitrogens is 3. The maximum atomic E-state index is 10.7. The zero-order valence-corrected chi connectivity index (χ0v) is 8.10. The Morgan fingerprint density at radius 2 is 2.36 bits per heavy atom. The van der Waals surface area contributed by atoms with Crippen LogP contribution in [0.3, 0.4) is 0 Å². The average Bonchev–Trinajstić information content (AvgIpc) is 2.59. The molecule has 1 aromatic rings. The van der Waals surface area contributed by atoms with Gasteiger partial charge in [-0.1, -0.05) is 0 Å². The van der Waals surface area contributed by atoms with E-state index < -0.39 is 11.9 Å². The molecule has 0 saturated carbocycles. The van der Waals surface area contributed by atoms with E-state index in [1.807, 2.05) is 4.68 Å². The van der Waals surface area contributed by atoms with E-state index in [4.69, 9.17) is 5.11 Å². The Bertz CT molecular complexity index is 335. The summed E-state index contributed by atoms with van der Waals surface area (Å²) >= 11 is 0. The number of nitrogens with zero attached hydrogens (tertiary/aromatic N) is 3. The van der Waals surface area contributed by atoms with E-state index in [-0.39, 0.29) is 0 Å². The van der Waals surface area contributed by atoms with Gasteiger partial charge in [0.05, 0.1) is 0 Å². The van der Waals surface area contributed by atoms with Gasteiger partial charge in [0.1, 0.15) is 11.7 Å². The molecule has 0 aliphatic carbocycles. The molecule has 0 amide bonds. The Morgan fingerprint density at radius 1 is 1.57 bits per heavy atom. The number of carboxylic acids is 1. The third-order valence-corrected chi connectivity index (χ3v) is 2.54. The molecule has 5 nitrogen and oxygen atoms in total. The van der Waals surface area contributed by atoms with Gasteiger partial charge < -0.3 is 5.11 Å². The lowest BCUT2D eigenvalue weighted by atomic mass is 10.1. The van der Waals surface area contributed by atoms with Crippen molar-refractivity contribution in [2.24, 2.45) is 0 Å². The molecular weight excluding hydrogens is 182 g/mol. The van der Waals surface area contributed by atoms with Crippen LogP contribution < -0.4 is 0 Å². The van der Waals surface area contributed by atoms with Crippen LogP contribution in [-0.4, -0.2) is 25.8 Å². The van der Waals surface area contributed by atoms with E-state index >= 15 is 0 Å². The minimum Gasteiger partial charge on any atom is -0.481 e. The van der Waals surface area contributed by atoms with Crippen LogP contribution in [0.15, 0.2) is 0 Å². The second-order valence-electron chi connectivity index (χ2n) is 3.63. The Labute approximate surface area is 81.8 Å². The predicted octanol–water partition coefficient (Wildman–Crippen LogP) is 0.802. The molecule has 0 fully saturated rings. The van der Waals surface area contributed by atoms with E-state index in [0.29, 0.717) is 5.82 Å². The molecule has 0 spiro atoms. The van der Waals surface area contributed by atoms with Crippen LogP contribution in [0.5, 0.6) is 0 Å². The summed E-state index contributed by atoms with van der Waals surface area (Å²) in [5.41, 5.74) is 0. The molecule has 5 heteroatoms. The van der Waals surface area contributed by atoms with Crippen molar-refractivity contribution >= 4 is 5.97 Å². The van der Waals surface area contributed by atoms with Crippen LogP contribution in [0.2, 0.25) is 0 Å². The quantitative estimate of drug-likeness (QED) is 0.758. The van der Waals surface area contributed by atoms with E-state index in [2.05, 4.69) is 10.1 Å². The van der Waals surface area contributed by atoms with Crippen molar-refractivity contribution in [3.8, 4) is 0 Å². The monoisotopic (exact) mass is 195 g/mol. The summed E-state index contributed by atoms with van der Waals surface area (Å²) in [5.74, 6) is -0.102. The molecule has 0 aromatic carbocycles. The van der Waals surface area contributed by atoms with Crippen LogP contribution in [0, 0.1) is 0 Å². The minimum atomic E-state index is -0.868. The van der Waals surface area contributed by atoms with E-state index in [1.54, 1.807) is 6.92 Å². The third kappa shape index (κ3) is 1.49. The van der Waals surface area contributed by atoms with E-state index in [9.17, 15) is 4.79 Å². The van der Waals surface area contributed by atoms with Crippen molar-refractivity contribution in [3.05, 3.63) is 11.6 Å². The average molecular weight is 195 g/mol. The molecule has 14 heavy (non-hydrogen) atoms. The highest BCUT2D eigenvalue weighted by molar-refractivity contribution is 5.74. The Kier molecular flexibility index (Phi) is 2.23. The number of aryl methyl sites for hydroxylation is 2. The number of carboxylic acid groups (broad SMARTS) is 1. The smallest absolute Gasteiger partial charge is 0.314 e. The molecule has 2 rings (SSSR count). The summed E-state index contributed by atoms with van der Waals surface area (Å²) in [6.45, 7) is 2.48. The topological polar surface area (TPSA) is 68.0 Å². The van der Waals surface area contributed by atoms with Gasteiger partial charge in [-0.15, -0.1) is 0 Å². The number of carbonyl (C=O) groups is 1. The number of hydrogen-bond acceptors (Lipinski definition) is 3. The molecule has 1 atom stereocenters. The molecule has 1 unspecified atom stereocenters. The largest absolute Gasteiger partial charge is 0.481 e. The lowest BCUT2D eigenvalue weighted by molar-refractivity contribution is -0.138. The Balaban J connectivity index is 2.28. The molecule has 0 bridgehead atoms. The summed E-state index contributed by atoms with van der Waals surface area (Å²) in [7, 11) is 0. The van der Waals surface area contributed by atoms with Crippen molar-refractivity contribution in [2.75, 3.05) is 0 Å². The number of hydrogen-bond donors (Lipinski definition) is 1. The van der Waals surface area contributed by atoms with Gasteiger partial charge in [-0.25, -0.2) is 9.67 Å². The van der Waals surface area contributed by atoms with Crippen LogP contribution in [0.4, 0.5) is 0 Å². The second kappa shape index (κ2) is 3.40. The van der Waals surface area contributed by atoms with Crippen molar-refractivity contribution < 1.29 is 9.90 Å². The maximum Gasteiger partial charge on any atom is 0.314 e. The van der Waals surface area contributed by atoms with Gasteiger partial charge in [-0.3, -0.25) is 4.79 Å². The van der Waals surface area contributed by atoms with Crippen molar-refractivity contribution in [1.29, 1.82) is 0 Å². The summed E-state index contributed by atoms with van der Waals surface area (Å²) in [4.78, 5) is 15.0. The SMILES string of the molecule is CC(C(=O)O)c1nc2n(n1)CCCC2. The summed E-state index contributed by atoms with van der Waals surface area (Å²) in [6, 6.07) is 0. The van der Waals surface area contributed by atoms with Gasteiger partial charge in [0.2, 0.25) is 0 Å². The van der Waals surface area contributed by atoms with Crippen molar-refractivity contribution in [2.45, 2.75) is 38.6 Å². The van der Waals surface area contributed by atoms with Crippen molar-refractivity contribution in [3.63, 3.8) is 0 Å². The maximum absolute atomic E-state index is 10.7. The molecule has 2 heterocycles. The van der Waals surface area contributed by atoms with E-state index in [1.165, 1.54) is 0 Å². The molecule has 1 aromatic heterocycles. The first-order chi connectivity index (χ1) is 6.68. The van der Waals surface area contributed by atoms with Crippen LogP contribution >= 0.6 is 0 Å². The highest BCUT2D eigenvalue weighted by Crippen LogP contribution is 2.16. The minimum absolute atomic E-state index is 0.439. The van der Waals surface area contributed by atoms with Crippen LogP contribution in [-0.2, 0) is 17.8 Å². The van der Waals surface area contributed by atoms with E-state index in [0.717, 1.165) is 31.6 Å². The Hall–Kier alpha value is -1.39. The molecule has 1 N–H and O–H groups in total. The van der Waals surface area contributed by atoms with Gasteiger partial charge in [-0.05, 0) is 19.8 Å². The van der Waals surface area contributed by atoms with Crippen LogP contribution in [0.1, 0.15) is 37.3 Å². The first kappa shape index (κ1) is 9.18. The second-order valence-corrected chi connectivity index (χ2v) is 3.63.